The van der Waals surface area contributed by atoms with Crippen LogP contribution in [0.3, 0.4) is 0 Å². The van der Waals surface area contributed by atoms with Crippen LogP contribution >= 0.6 is 0 Å². The molecule has 0 radical (unpaired) electrons. The molecule has 4 rings (SSSR count). The van der Waals surface area contributed by atoms with Gasteiger partial charge >= 0.3 is 0 Å². The Labute approximate surface area is 193 Å². The number of aromatic nitrogens is 1. The Morgan fingerprint density at radius 2 is 1.73 bits per heavy atom. The highest BCUT2D eigenvalue weighted by atomic mass is 16.5. The number of ether oxygens (including phenoxy) is 1. The smallest absolute Gasteiger partial charge is 0.300 e. The average molecular weight is 443 g/mol. The number of hydrogen-bond acceptors (Lipinski definition) is 5. The first-order chi connectivity index (χ1) is 15.7. The molecule has 0 aliphatic carbocycles. The predicted octanol–water partition coefficient (Wildman–Crippen LogP) is 4.95. The van der Waals surface area contributed by atoms with Gasteiger partial charge < -0.3 is 9.84 Å². The molecule has 1 amide bonds. The van der Waals surface area contributed by atoms with Gasteiger partial charge in [-0.05, 0) is 80.3 Å². The normalized spacial score (nSPS) is 17.5. The zero-order valence-electron chi connectivity index (χ0n) is 19.3. The number of benzene rings is 2. The van der Waals surface area contributed by atoms with Crippen LogP contribution in [0.15, 0.2) is 60.3 Å². The number of rotatable bonds is 4. The van der Waals surface area contributed by atoms with Crippen molar-refractivity contribution in [1.82, 2.24) is 4.98 Å². The molecule has 6 heteroatoms. The number of anilines is 1. The van der Waals surface area contributed by atoms with Gasteiger partial charge in [-0.3, -0.25) is 19.5 Å². The quantitative estimate of drug-likeness (QED) is 0.351. The maximum absolute atomic E-state index is 13.3. The number of pyridine rings is 1. The van der Waals surface area contributed by atoms with Crippen LogP contribution in [0.4, 0.5) is 5.69 Å². The zero-order valence-corrected chi connectivity index (χ0v) is 19.3. The van der Waals surface area contributed by atoms with E-state index in [4.69, 9.17) is 4.74 Å². The summed E-state index contributed by atoms with van der Waals surface area (Å²) in [5.41, 5.74) is 4.96. The lowest BCUT2D eigenvalue weighted by molar-refractivity contribution is -0.132. The van der Waals surface area contributed by atoms with Crippen LogP contribution in [-0.4, -0.2) is 28.9 Å². The molecule has 1 aliphatic rings. The van der Waals surface area contributed by atoms with Gasteiger partial charge in [0.25, 0.3) is 11.7 Å². The molecule has 1 N–H and O–H groups in total. The summed E-state index contributed by atoms with van der Waals surface area (Å²) in [6.07, 6.45) is 1.61. The number of methoxy groups -OCH3 is 1. The second-order valence-corrected chi connectivity index (χ2v) is 8.35. The first kappa shape index (κ1) is 22.3. The van der Waals surface area contributed by atoms with E-state index in [9.17, 15) is 14.7 Å². The van der Waals surface area contributed by atoms with Crippen molar-refractivity contribution in [1.29, 1.82) is 0 Å². The molecular weight excluding hydrogens is 416 g/mol. The molecule has 1 atom stereocenters. The van der Waals surface area contributed by atoms with Crippen molar-refractivity contribution in [2.75, 3.05) is 12.0 Å². The van der Waals surface area contributed by atoms with Gasteiger partial charge in [-0.25, -0.2) is 0 Å². The van der Waals surface area contributed by atoms with Crippen LogP contribution in [-0.2, 0) is 9.59 Å². The third kappa shape index (κ3) is 3.78. The maximum Gasteiger partial charge on any atom is 0.300 e. The summed E-state index contributed by atoms with van der Waals surface area (Å²) in [4.78, 5) is 32.6. The van der Waals surface area contributed by atoms with Crippen molar-refractivity contribution in [2.24, 2.45) is 0 Å². The van der Waals surface area contributed by atoms with Gasteiger partial charge in [0.05, 0.1) is 18.4 Å². The molecule has 2 heterocycles. The van der Waals surface area contributed by atoms with E-state index < -0.39 is 17.7 Å². The molecule has 1 fully saturated rings. The van der Waals surface area contributed by atoms with Crippen LogP contribution < -0.4 is 9.64 Å². The number of ketones is 1. The average Bonchev–Trinajstić information content (AvgIpc) is 3.07. The molecule has 1 saturated heterocycles. The second-order valence-electron chi connectivity index (χ2n) is 8.35. The molecule has 1 aromatic heterocycles. The Morgan fingerprint density at radius 3 is 2.39 bits per heavy atom. The number of carbonyl (C=O) groups excluding carboxylic acids is 2. The molecule has 168 valence electrons. The fourth-order valence-corrected chi connectivity index (χ4v) is 4.29. The number of nitrogens with zero attached hydrogens (tertiary/aromatic N) is 2. The highest BCUT2D eigenvalue weighted by molar-refractivity contribution is 6.51. The molecule has 1 unspecified atom stereocenters. The molecule has 6 nitrogen and oxygen atoms in total. The van der Waals surface area contributed by atoms with Crippen LogP contribution in [0.25, 0.3) is 5.76 Å². The van der Waals surface area contributed by atoms with E-state index in [0.717, 1.165) is 22.3 Å². The second kappa shape index (κ2) is 8.54. The van der Waals surface area contributed by atoms with Crippen LogP contribution in [0, 0.1) is 27.7 Å². The number of hydrogen-bond donors (Lipinski definition) is 1. The molecule has 3 aromatic rings. The summed E-state index contributed by atoms with van der Waals surface area (Å²) < 4.78 is 5.38. The lowest BCUT2D eigenvalue weighted by atomic mass is 9.94. The third-order valence-electron chi connectivity index (χ3n) is 6.03. The van der Waals surface area contributed by atoms with E-state index >= 15 is 0 Å². The highest BCUT2D eigenvalue weighted by Crippen LogP contribution is 2.43. The van der Waals surface area contributed by atoms with E-state index in [1.54, 1.807) is 43.6 Å². The van der Waals surface area contributed by atoms with Crippen molar-refractivity contribution in [3.8, 4) is 5.75 Å². The Kier molecular flexibility index (Phi) is 5.77. The monoisotopic (exact) mass is 442 g/mol. The van der Waals surface area contributed by atoms with Gasteiger partial charge in [-0.1, -0.05) is 18.2 Å². The largest absolute Gasteiger partial charge is 0.507 e. The van der Waals surface area contributed by atoms with E-state index in [1.807, 2.05) is 45.9 Å². The van der Waals surface area contributed by atoms with Gasteiger partial charge in [0, 0.05) is 17.4 Å². The van der Waals surface area contributed by atoms with Gasteiger partial charge in [-0.2, -0.15) is 0 Å². The Bertz CT molecular complexity index is 1290. The van der Waals surface area contributed by atoms with Crippen LogP contribution in [0.5, 0.6) is 5.75 Å². The SMILES string of the molecule is COc1cc(C)c(/C(O)=C2\C(=O)C(=O)N(c3cc(C)ccc3C)C2c2ccccn2)cc1C. The fraction of sp³-hybridized carbons (Fsp3) is 0.222. The Hall–Kier alpha value is -3.93. The predicted molar refractivity (Wildman–Crippen MR) is 127 cm³/mol. The lowest BCUT2D eigenvalue weighted by Crippen LogP contribution is -2.30. The minimum Gasteiger partial charge on any atom is -0.507 e. The van der Waals surface area contributed by atoms with E-state index in [0.29, 0.717) is 22.7 Å². The molecule has 0 bridgehead atoms. The minimum atomic E-state index is -0.853. The van der Waals surface area contributed by atoms with E-state index in [-0.39, 0.29) is 11.3 Å². The summed E-state index contributed by atoms with van der Waals surface area (Å²) in [5, 5.41) is 11.4. The first-order valence-electron chi connectivity index (χ1n) is 10.7. The molecule has 33 heavy (non-hydrogen) atoms. The topological polar surface area (TPSA) is 79.7 Å². The lowest BCUT2D eigenvalue weighted by Gasteiger charge is -2.26. The molecule has 2 aromatic carbocycles. The minimum absolute atomic E-state index is 0.0206. The van der Waals surface area contributed by atoms with Crippen molar-refractivity contribution in [3.63, 3.8) is 0 Å². The zero-order chi connectivity index (χ0) is 23.9. The Morgan fingerprint density at radius 1 is 0.970 bits per heavy atom. The van der Waals surface area contributed by atoms with E-state index in [1.165, 1.54) is 4.90 Å². The molecule has 1 aliphatic heterocycles. The summed E-state index contributed by atoms with van der Waals surface area (Å²) in [5.74, 6) is -0.970. The number of aliphatic hydroxyl groups is 1. The van der Waals surface area contributed by atoms with Crippen molar-refractivity contribution >= 4 is 23.1 Å². The fourth-order valence-electron chi connectivity index (χ4n) is 4.29. The number of carbonyl (C=O) groups is 2. The van der Waals surface area contributed by atoms with E-state index in [2.05, 4.69) is 4.98 Å². The van der Waals surface area contributed by atoms with Gasteiger partial charge in [-0.15, -0.1) is 0 Å². The number of aliphatic hydroxyl groups excluding tert-OH is 1. The summed E-state index contributed by atoms with van der Waals surface area (Å²) >= 11 is 0. The van der Waals surface area contributed by atoms with Crippen molar-refractivity contribution in [2.45, 2.75) is 33.7 Å². The number of amides is 1. The number of Topliss-reactive ketones (excluding diaryl/α,β-unsaturated/α-hetero) is 1. The maximum atomic E-state index is 13.3. The molecule has 0 saturated carbocycles. The molecule has 0 spiro atoms. The van der Waals surface area contributed by atoms with Crippen LogP contribution in [0.1, 0.15) is 39.6 Å². The summed E-state index contributed by atoms with van der Waals surface area (Å²) in [7, 11) is 1.58. The summed E-state index contributed by atoms with van der Waals surface area (Å²) in [6, 6.07) is 13.8. The highest BCUT2D eigenvalue weighted by Gasteiger charge is 2.48. The van der Waals surface area contributed by atoms with Crippen molar-refractivity contribution in [3.05, 3.63) is 93.8 Å². The first-order valence-corrected chi connectivity index (χ1v) is 10.7. The standard InChI is InChI=1S/C27H26N2O4/c1-15-9-10-16(2)21(12-15)29-24(20-8-6-7-11-28-20)23(26(31)27(29)32)25(30)19-13-18(4)22(33-5)14-17(19)3/h6-14,24,30H,1-5H3/b25-23+. The van der Waals surface area contributed by atoms with Crippen LogP contribution in [0.2, 0.25) is 0 Å². The molecular formula is C27H26N2O4. The van der Waals surface area contributed by atoms with Gasteiger partial charge in [0.2, 0.25) is 0 Å². The summed E-state index contributed by atoms with van der Waals surface area (Å²) in [6.45, 7) is 7.51. The Balaban J connectivity index is 1.99. The van der Waals surface area contributed by atoms with Crippen molar-refractivity contribution < 1.29 is 19.4 Å². The van der Waals surface area contributed by atoms with Gasteiger partial charge in [0.15, 0.2) is 0 Å². The third-order valence-corrected chi connectivity index (χ3v) is 6.03. The van der Waals surface area contributed by atoms with Gasteiger partial charge in [0.1, 0.15) is 17.6 Å². The number of aryl methyl sites for hydroxylation is 4.